The number of nitrogens with zero attached hydrogens (tertiary/aromatic N) is 2. The van der Waals surface area contributed by atoms with Gasteiger partial charge in [0.1, 0.15) is 10.8 Å². The first-order chi connectivity index (χ1) is 12.0. The summed E-state index contributed by atoms with van der Waals surface area (Å²) in [6.07, 6.45) is 0. The monoisotopic (exact) mass is 373 g/mol. The summed E-state index contributed by atoms with van der Waals surface area (Å²) >= 11 is 7.17. The maximum Gasteiger partial charge on any atom is 0.264 e. The van der Waals surface area contributed by atoms with E-state index < -0.39 is 0 Å². The number of hydrogen-bond donors (Lipinski definition) is 1. The topological polar surface area (TPSA) is 64.1 Å². The molecule has 0 saturated heterocycles. The molecule has 0 fully saturated rings. The minimum Gasteiger partial charge on any atom is -0.483 e. The minimum atomic E-state index is -0.279. The molecule has 0 aliphatic heterocycles. The van der Waals surface area contributed by atoms with Crippen LogP contribution in [0.3, 0.4) is 0 Å². The number of anilines is 1. The minimum absolute atomic E-state index is 0.0836. The summed E-state index contributed by atoms with van der Waals surface area (Å²) in [7, 11) is 0. The van der Waals surface area contributed by atoms with Crippen molar-refractivity contribution in [1.82, 2.24) is 10.2 Å². The van der Waals surface area contributed by atoms with Crippen molar-refractivity contribution in [3.63, 3.8) is 0 Å². The van der Waals surface area contributed by atoms with Crippen LogP contribution in [0.2, 0.25) is 5.02 Å². The number of aromatic nitrogens is 2. The molecule has 0 atom stereocenters. The molecular weight excluding hydrogens is 358 g/mol. The quantitative estimate of drug-likeness (QED) is 0.715. The van der Waals surface area contributed by atoms with Crippen molar-refractivity contribution in [2.75, 3.05) is 11.9 Å². The molecule has 128 valence electrons. The van der Waals surface area contributed by atoms with Crippen LogP contribution in [-0.4, -0.2) is 22.7 Å². The molecule has 7 heteroatoms. The summed E-state index contributed by atoms with van der Waals surface area (Å²) in [6, 6.07) is 13.1. The van der Waals surface area contributed by atoms with Crippen LogP contribution in [-0.2, 0) is 4.79 Å². The average Bonchev–Trinajstić information content (AvgIpc) is 3.03. The van der Waals surface area contributed by atoms with Gasteiger partial charge in [-0.15, -0.1) is 10.2 Å². The SMILES string of the molecule is Cc1ccc(OCC(=O)Nc2nnc(-c3ccc(Cl)cc3)s2)c(C)c1. The molecule has 3 rings (SSSR count). The standard InChI is InChI=1S/C18H16ClN3O2S/c1-11-3-8-15(12(2)9-11)24-10-16(23)20-18-22-21-17(25-18)13-4-6-14(19)7-5-13/h3-9H,10H2,1-2H3,(H,20,22,23). The van der Waals surface area contributed by atoms with Gasteiger partial charge in [-0.2, -0.15) is 0 Å². The van der Waals surface area contributed by atoms with Crippen LogP contribution in [0.4, 0.5) is 5.13 Å². The lowest BCUT2D eigenvalue weighted by atomic mass is 10.1. The number of carbonyl (C=O) groups excluding carboxylic acids is 1. The number of benzene rings is 2. The van der Waals surface area contributed by atoms with Gasteiger partial charge in [-0.25, -0.2) is 0 Å². The van der Waals surface area contributed by atoms with E-state index in [2.05, 4.69) is 15.5 Å². The van der Waals surface area contributed by atoms with E-state index in [9.17, 15) is 4.79 Å². The Morgan fingerprint density at radius 3 is 2.64 bits per heavy atom. The van der Waals surface area contributed by atoms with Crippen molar-refractivity contribution in [2.24, 2.45) is 0 Å². The Kier molecular flexibility index (Phi) is 5.31. The van der Waals surface area contributed by atoms with Crippen molar-refractivity contribution >= 4 is 34.0 Å². The van der Waals surface area contributed by atoms with E-state index >= 15 is 0 Å². The van der Waals surface area contributed by atoms with E-state index in [0.717, 1.165) is 16.7 Å². The van der Waals surface area contributed by atoms with Gasteiger partial charge in [0.25, 0.3) is 5.91 Å². The Morgan fingerprint density at radius 2 is 1.92 bits per heavy atom. The third-order valence-corrected chi connectivity index (χ3v) is 4.59. The van der Waals surface area contributed by atoms with Crippen molar-refractivity contribution in [3.8, 4) is 16.3 Å². The second-order valence-corrected chi connectivity index (χ2v) is 6.94. The predicted octanol–water partition coefficient (Wildman–Crippen LogP) is 4.49. The molecular formula is C18H16ClN3O2S. The number of hydrogen-bond acceptors (Lipinski definition) is 5. The van der Waals surface area contributed by atoms with Crippen LogP contribution in [0.25, 0.3) is 10.6 Å². The van der Waals surface area contributed by atoms with Crippen molar-refractivity contribution < 1.29 is 9.53 Å². The van der Waals surface area contributed by atoms with Gasteiger partial charge in [0.15, 0.2) is 6.61 Å². The highest BCUT2D eigenvalue weighted by Crippen LogP contribution is 2.27. The summed E-state index contributed by atoms with van der Waals surface area (Å²) in [5, 5.41) is 12.6. The van der Waals surface area contributed by atoms with E-state index in [1.165, 1.54) is 11.3 Å². The van der Waals surface area contributed by atoms with E-state index in [-0.39, 0.29) is 12.5 Å². The summed E-state index contributed by atoms with van der Waals surface area (Å²) in [5.74, 6) is 0.415. The molecule has 1 heterocycles. The van der Waals surface area contributed by atoms with Gasteiger partial charge in [-0.05, 0) is 37.6 Å². The maximum absolute atomic E-state index is 12.0. The molecule has 0 aliphatic carbocycles. The Hall–Kier alpha value is -2.44. The van der Waals surface area contributed by atoms with Gasteiger partial charge in [0, 0.05) is 10.6 Å². The highest BCUT2D eigenvalue weighted by atomic mass is 35.5. The zero-order chi connectivity index (χ0) is 17.8. The zero-order valence-electron chi connectivity index (χ0n) is 13.7. The number of carbonyl (C=O) groups is 1. The largest absolute Gasteiger partial charge is 0.483 e. The van der Waals surface area contributed by atoms with E-state index in [4.69, 9.17) is 16.3 Å². The maximum atomic E-state index is 12.0. The fraction of sp³-hybridized carbons (Fsp3) is 0.167. The fourth-order valence-corrected chi connectivity index (χ4v) is 3.13. The number of ether oxygens (including phenoxy) is 1. The first-order valence-corrected chi connectivity index (χ1v) is 8.80. The molecule has 0 bridgehead atoms. The van der Waals surface area contributed by atoms with Gasteiger partial charge in [0.05, 0.1) is 0 Å². The van der Waals surface area contributed by atoms with Crippen LogP contribution in [0.1, 0.15) is 11.1 Å². The molecule has 0 spiro atoms. The number of rotatable bonds is 5. The first kappa shape index (κ1) is 17.4. The molecule has 3 aromatic rings. The molecule has 2 aromatic carbocycles. The third kappa shape index (κ3) is 4.55. The van der Waals surface area contributed by atoms with Crippen molar-refractivity contribution in [3.05, 3.63) is 58.6 Å². The predicted molar refractivity (Wildman–Crippen MR) is 100 cm³/mol. The number of amides is 1. The van der Waals surface area contributed by atoms with Crippen LogP contribution in [0, 0.1) is 13.8 Å². The Bertz CT molecular complexity index is 894. The highest BCUT2D eigenvalue weighted by molar-refractivity contribution is 7.18. The summed E-state index contributed by atoms with van der Waals surface area (Å²) in [4.78, 5) is 12.0. The van der Waals surface area contributed by atoms with E-state index in [0.29, 0.717) is 20.9 Å². The molecule has 0 unspecified atom stereocenters. The average molecular weight is 374 g/mol. The highest BCUT2D eigenvalue weighted by Gasteiger charge is 2.11. The molecule has 0 saturated carbocycles. The fourth-order valence-electron chi connectivity index (χ4n) is 2.24. The number of nitrogens with one attached hydrogen (secondary N) is 1. The lowest BCUT2D eigenvalue weighted by molar-refractivity contribution is -0.118. The molecule has 1 N–H and O–H groups in total. The van der Waals surface area contributed by atoms with Crippen molar-refractivity contribution in [2.45, 2.75) is 13.8 Å². The molecule has 0 aliphatic rings. The van der Waals surface area contributed by atoms with Gasteiger partial charge in [-0.1, -0.05) is 52.8 Å². The molecule has 25 heavy (non-hydrogen) atoms. The van der Waals surface area contributed by atoms with Crippen LogP contribution >= 0.6 is 22.9 Å². The van der Waals surface area contributed by atoms with Gasteiger partial charge < -0.3 is 4.74 Å². The summed E-state index contributed by atoms with van der Waals surface area (Å²) in [6.45, 7) is 3.88. The van der Waals surface area contributed by atoms with Gasteiger partial charge in [-0.3, -0.25) is 10.1 Å². The Morgan fingerprint density at radius 1 is 1.16 bits per heavy atom. The summed E-state index contributed by atoms with van der Waals surface area (Å²) < 4.78 is 5.56. The normalized spacial score (nSPS) is 10.5. The van der Waals surface area contributed by atoms with Crippen LogP contribution in [0.15, 0.2) is 42.5 Å². The number of aryl methyl sites for hydroxylation is 2. The van der Waals surface area contributed by atoms with Crippen LogP contribution < -0.4 is 10.1 Å². The first-order valence-electron chi connectivity index (χ1n) is 7.60. The molecule has 1 amide bonds. The second-order valence-electron chi connectivity index (χ2n) is 5.53. The molecule has 0 radical (unpaired) electrons. The van der Waals surface area contributed by atoms with Gasteiger partial charge >= 0.3 is 0 Å². The lowest BCUT2D eigenvalue weighted by Gasteiger charge is -2.09. The Balaban J connectivity index is 1.59. The Labute approximate surface area is 154 Å². The zero-order valence-corrected chi connectivity index (χ0v) is 15.3. The van der Waals surface area contributed by atoms with Crippen molar-refractivity contribution in [1.29, 1.82) is 0 Å². The van der Waals surface area contributed by atoms with Crippen LogP contribution in [0.5, 0.6) is 5.75 Å². The smallest absolute Gasteiger partial charge is 0.264 e. The van der Waals surface area contributed by atoms with Gasteiger partial charge in [0.2, 0.25) is 5.13 Å². The summed E-state index contributed by atoms with van der Waals surface area (Å²) in [5.41, 5.74) is 3.04. The molecule has 5 nitrogen and oxygen atoms in total. The second kappa shape index (κ2) is 7.63. The van der Waals surface area contributed by atoms with E-state index in [1.807, 2.05) is 44.2 Å². The van der Waals surface area contributed by atoms with E-state index in [1.54, 1.807) is 12.1 Å². The number of halogens is 1. The molecule has 1 aromatic heterocycles. The lowest BCUT2D eigenvalue weighted by Crippen LogP contribution is -2.20. The third-order valence-electron chi connectivity index (χ3n) is 3.45.